The Balaban J connectivity index is 2.02. The standard InChI is InChI=1S/C16H12ClF3N2O2S/c17-12-4-2-1-3-9(12)13-14(23)21-5-6-22(13)15(24)10-7-25-8-11(10)16(18,19)20/h1-4,7-8,13H,5-6H2,(H,21,23). The van der Waals surface area contributed by atoms with Crippen LogP contribution in [0.25, 0.3) is 0 Å². The summed E-state index contributed by atoms with van der Waals surface area (Å²) in [6.07, 6.45) is -4.64. The summed E-state index contributed by atoms with van der Waals surface area (Å²) in [4.78, 5) is 26.2. The summed E-state index contributed by atoms with van der Waals surface area (Å²) in [6, 6.07) is 5.39. The normalized spacial score (nSPS) is 18.2. The Bertz CT molecular complexity index is 822. The third-order valence-electron chi connectivity index (χ3n) is 3.87. The first-order valence-electron chi connectivity index (χ1n) is 7.27. The largest absolute Gasteiger partial charge is 0.417 e. The van der Waals surface area contributed by atoms with Gasteiger partial charge in [-0.1, -0.05) is 29.8 Å². The van der Waals surface area contributed by atoms with Gasteiger partial charge in [-0.2, -0.15) is 24.5 Å². The van der Waals surface area contributed by atoms with Crippen LogP contribution >= 0.6 is 22.9 Å². The second-order valence-electron chi connectivity index (χ2n) is 5.41. The van der Waals surface area contributed by atoms with Crippen molar-refractivity contribution < 1.29 is 22.8 Å². The molecule has 1 atom stereocenters. The van der Waals surface area contributed by atoms with E-state index in [9.17, 15) is 22.8 Å². The predicted molar refractivity (Wildman–Crippen MR) is 87.6 cm³/mol. The quantitative estimate of drug-likeness (QED) is 0.852. The van der Waals surface area contributed by atoms with E-state index in [1.54, 1.807) is 24.3 Å². The number of hydrogen-bond donors (Lipinski definition) is 1. The lowest BCUT2D eigenvalue weighted by Crippen LogP contribution is -2.52. The Morgan fingerprint density at radius 2 is 2.00 bits per heavy atom. The number of hydrogen-bond acceptors (Lipinski definition) is 3. The van der Waals surface area contributed by atoms with Crippen molar-refractivity contribution in [3.63, 3.8) is 0 Å². The van der Waals surface area contributed by atoms with Crippen LogP contribution in [0.4, 0.5) is 13.2 Å². The molecule has 25 heavy (non-hydrogen) atoms. The summed E-state index contributed by atoms with van der Waals surface area (Å²) < 4.78 is 39.3. The fourth-order valence-corrected chi connectivity index (χ4v) is 3.80. The molecule has 0 saturated carbocycles. The maximum absolute atomic E-state index is 13.1. The van der Waals surface area contributed by atoms with Crippen LogP contribution in [0, 0.1) is 0 Å². The van der Waals surface area contributed by atoms with Crippen molar-refractivity contribution in [3.05, 3.63) is 56.7 Å². The van der Waals surface area contributed by atoms with Gasteiger partial charge in [-0.3, -0.25) is 9.59 Å². The summed E-state index contributed by atoms with van der Waals surface area (Å²) in [6.45, 7) is 0.255. The fourth-order valence-electron chi connectivity index (χ4n) is 2.73. The molecule has 0 spiro atoms. The Labute approximate surface area is 150 Å². The number of nitrogens with zero attached hydrogens (tertiary/aromatic N) is 1. The molecule has 1 aliphatic rings. The van der Waals surface area contributed by atoms with E-state index in [1.165, 1.54) is 0 Å². The number of benzene rings is 1. The van der Waals surface area contributed by atoms with Gasteiger partial charge in [-0.15, -0.1) is 0 Å². The molecule has 132 valence electrons. The van der Waals surface area contributed by atoms with Gasteiger partial charge in [0.25, 0.3) is 5.91 Å². The minimum Gasteiger partial charge on any atom is -0.352 e. The number of thiophene rings is 1. The molecule has 1 saturated heterocycles. The van der Waals surface area contributed by atoms with Crippen molar-refractivity contribution in [1.29, 1.82) is 0 Å². The topological polar surface area (TPSA) is 49.4 Å². The highest BCUT2D eigenvalue weighted by atomic mass is 35.5. The zero-order chi connectivity index (χ0) is 18.2. The first-order chi connectivity index (χ1) is 11.8. The fraction of sp³-hybridized carbons (Fsp3) is 0.250. The number of nitrogens with one attached hydrogen (secondary N) is 1. The Morgan fingerprint density at radius 3 is 2.68 bits per heavy atom. The zero-order valence-corrected chi connectivity index (χ0v) is 14.2. The van der Waals surface area contributed by atoms with E-state index in [4.69, 9.17) is 11.6 Å². The summed E-state index contributed by atoms with van der Waals surface area (Å²) in [5.74, 6) is -1.31. The van der Waals surface area contributed by atoms with Crippen LogP contribution in [0.5, 0.6) is 0 Å². The van der Waals surface area contributed by atoms with Gasteiger partial charge in [-0.05, 0) is 6.07 Å². The lowest BCUT2D eigenvalue weighted by molar-refractivity contribution is -0.137. The summed E-state index contributed by atoms with van der Waals surface area (Å²) >= 11 is 6.92. The van der Waals surface area contributed by atoms with Crippen molar-refractivity contribution in [1.82, 2.24) is 10.2 Å². The molecule has 4 nitrogen and oxygen atoms in total. The average Bonchev–Trinajstić information content (AvgIpc) is 3.05. The molecule has 3 rings (SSSR count). The highest BCUT2D eigenvalue weighted by Gasteiger charge is 2.41. The van der Waals surface area contributed by atoms with E-state index in [-0.39, 0.29) is 18.1 Å². The van der Waals surface area contributed by atoms with Crippen LogP contribution in [-0.2, 0) is 11.0 Å². The van der Waals surface area contributed by atoms with Gasteiger partial charge in [0.1, 0.15) is 6.04 Å². The van der Waals surface area contributed by atoms with Gasteiger partial charge in [0.2, 0.25) is 5.91 Å². The number of halogens is 4. The number of carbonyl (C=O) groups excluding carboxylic acids is 2. The van der Waals surface area contributed by atoms with Crippen LogP contribution in [0.15, 0.2) is 35.0 Å². The van der Waals surface area contributed by atoms with E-state index >= 15 is 0 Å². The SMILES string of the molecule is O=C1NCCN(C(=O)c2cscc2C(F)(F)F)C1c1ccccc1Cl. The number of carbonyl (C=O) groups is 2. The van der Waals surface area contributed by atoms with Crippen LogP contribution < -0.4 is 5.32 Å². The molecular weight excluding hydrogens is 377 g/mol. The second-order valence-corrected chi connectivity index (χ2v) is 6.56. The number of rotatable bonds is 2. The minimum absolute atomic E-state index is 0.0909. The molecule has 0 radical (unpaired) electrons. The van der Waals surface area contributed by atoms with Gasteiger partial charge in [0, 0.05) is 34.4 Å². The van der Waals surface area contributed by atoms with E-state index in [0.29, 0.717) is 5.56 Å². The maximum atomic E-state index is 13.1. The third-order valence-corrected chi connectivity index (χ3v) is 4.96. The maximum Gasteiger partial charge on any atom is 0.417 e. The first kappa shape index (κ1) is 17.8. The summed E-state index contributed by atoms with van der Waals surface area (Å²) in [7, 11) is 0. The van der Waals surface area contributed by atoms with E-state index < -0.39 is 35.2 Å². The molecule has 2 aromatic rings. The predicted octanol–water partition coefficient (Wildman–Crippen LogP) is 3.73. The van der Waals surface area contributed by atoms with Gasteiger partial charge < -0.3 is 10.2 Å². The first-order valence-corrected chi connectivity index (χ1v) is 8.59. The lowest BCUT2D eigenvalue weighted by atomic mass is 10.0. The van der Waals surface area contributed by atoms with E-state index in [2.05, 4.69) is 5.32 Å². The monoisotopic (exact) mass is 388 g/mol. The summed E-state index contributed by atoms with van der Waals surface area (Å²) in [5.41, 5.74) is -1.07. The average molecular weight is 389 g/mol. The lowest BCUT2D eigenvalue weighted by Gasteiger charge is -2.35. The van der Waals surface area contributed by atoms with Crippen molar-refractivity contribution in [2.75, 3.05) is 13.1 Å². The van der Waals surface area contributed by atoms with Crippen molar-refractivity contribution in [2.24, 2.45) is 0 Å². The molecule has 1 unspecified atom stereocenters. The zero-order valence-electron chi connectivity index (χ0n) is 12.6. The van der Waals surface area contributed by atoms with Crippen LogP contribution in [-0.4, -0.2) is 29.8 Å². The van der Waals surface area contributed by atoms with Crippen LogP contribution in [0.1, 0.15) is 27.5 Å². The van der Waals surface area contributed by atoms with Gasteiger partial charge >= 0.3 is 6.18 Å². The molecule has 1 fully saturated rings. The smallest absolute Gasteiger partial charge is 0.352 e. The molecular formula is C16H12ClF3N2O2S. The van der Waals surface area contributed by atoms with Crippen molar-refractivity contribution in [2.45, 2.75) is 12.2 Å². The highest BCUT2D eigenvalue weighted by Crippen LogP contribution is 2.37. The molecule has 2 heterocycles. The molecule has 0 bridgehead atoms. The number of amides is 2. The Hall–Kier alpha value is -2.06. The molecule has 1 aromatic heterocycles. The highest BCUT2D eigenvalue weighted by molar-refractivity contribution is 7.08. The van der Waals surface area contributed by atoms with Gasteiger partial charge in [0.05, 0.1) is 11.1 Å². The summed E-state index contributed by atoms with van der Waals surface area (Å²) in [5, 5.41) is 4.93. The van der Waals surface area contributed by atoms with Crippen molar-refractivity contribution >= 4 is 34.8 Å². The number of piperazine rings is 1. The van der Waals surface area contributed by atoms with Crippen molar-refractivity contribution in [3.8, 4) is 0 Å². The van der Waals surface area contributed by atoms with E-state index in [1.807, 2.05) is 0 Å². The minimum atomic E-state index is -4.64. The van der Waals surface area contributed by atoms with Crippen LogP contribution in [0.2, 0.25) is 5.02 Å². The number of alkyl halides is 3. The second kappa shape index (κ2) is 6.68. The third kappa shape index (κ3) is 3.36. The molecule has 1 aromatic carbocycles. The Kier molecular flexibility index (Phi) is 4.75. The van der Waals surface area contributed by atoms with Gasteiger partial charge in [0.15, 0.2) is 0 Å². The van der Waals surface area contributed by atoms with Gasteiger partial charge in [-0.25, -0.2) is 0 Å². The molecule has 0 aliphatic carbocycles. The molecule has 1 aliphatic heterocycles. The van der Waals surface area contributed by atoms with Crippen LogP contribution in [0.3, 0.4) is 0 Å². The molecule has 1 N–H and O–H groups in total. The van der Waals surface area contributed by atoms with E-state index in [0.717, 1.165) is 27.0 Å². The molecule has 2 amide bonds. The Morgan fingerprint density at radius 1 is 1.28 bits per heavy atom. The molecule has 9 heteroatoms.